The molecule has 1 aliphatic heterocycles. The predicted octanol–water partition coefficient (Wildman–Crippen LogP) is 1.61. The van der Waals surface area contributed by atoms with E-state index in [9.17, 15) is 4.79 Å². The van der Waals surface area contributed by atoms with E-state index in [0.717, 1.165) is 0 Å². The third kappa shape index (κ3) is 1.71. The molecule has 1 saturated heterocycles. The monoisotopic (exact) mass is 172 g/mol. The van der Waals surface area contributed by atoms with E-state index in [-0.39, 0.29) is 11.7 Å². The minimum atomic E-state index is -1.61. The second kappa shape index (κ2) is 2.17. The van der Waals surface area contributed by atoms with Gasteiger partial charge in [0.05, 0.1) is 5.60 Å². The van der Waals surface area contributed by atoms with Crippen LogP contribution in [-0.4, -0.2) is 25.2 Å². The fourth-order valence-electron chi connectivity index (χ4n) is 1.03. The second-order valence-corrected chi connectivity index (χ2v) is 9.71. The molecule has 64 valence electrons. The first-order valence-corrected chi connectivity index (χ1v) is 7.47. The van der Waals surface area contributed by atoms with Gasteiger partial charge in [-0.1, -0.05) is 19.6 Å². The number of hydrogen-bond donors (Lipinski definition) is 0. The van der Waals surface area contributed by atoms with Gasteiger partial charge < -0.3 is 9.53 Å². The van der Waals surface area contributed by atoms with Gasteiger partial charge in [-0.25, -0.2) is 0 Å². The first-order valence-electron chi connectivity index (χ1n) is 3.97. The highest BCUT2D eigenvalue weighted by atomic mass is 28.3. The summed E-state index contributed by atoms with van der Waals surface area (Å²) in [4.78, 5) is 11.6. The van der Waals surface area contributed by atoms with Gasteiger partial charge in [0.25, 0.3) is 0 Å². The van der Waals surface area contributed by atoms with E-state index in [1.54, 1.807) is 0 Å². The molecule has 0 N–H and O–H groups in total. The molecule has 0 aliphatic carbocycles. The van der Waals surface area contributed by atoms with Gasteiger partial charge in [0.2, 0.25) is 0 Å². The quantitative estimate of drug-likeness (QED) is 0.468. The summed E-state index contributed by atoms with van der Waals surface area (Å²) in [6, 6.07) is 0. The Balaban J connectivity index is 2.60. The average molecular weight is 172 g/mol. The Bertz CT molecular complexity index is 191. The van der Waals surface area contributed by atoms with Crippen LogP contribution in [0.15, 0.2) is 0 Å². The molecule has 0 radical (unpaired) electrons. The molecule has 0 spiro atoms. The Hall–Kier alpha value is -0.153. The van der Waals surface area contributed by atoms with Crippen LogP contribution in [0.25, 0.3) is 0 Å². The van der Waals surface area contributed by atoms with Gasteiger partial charge in [-0.3, -0.25) is 0 Å². The number of rotatable bonds is 2. The zero-order chi connectivity index (χ0) is 8.86. The van der Waals surface area contributed by atoms with E-state index in [4.69, 9.17) is 4.74 Å². The molecular weight excluding hydrogens is 156 g/mol. The Morgan fingerprint density at radius 1 is 1.36 bits per heavy atom. The maximum Gasteiger partial charge on any atom is 0.142 e. The Morgan fingerprint density at radius 2 is 1.73 bits per heavy atom. The van der Waals surface area contributed by atoms with Crippen molar-refractivity contribution in [3.05, 3.63) is 0 Å². The lowest BCUT2D eigenvalue weighted by Gasteiger charge is -2.12. The zero-order valence-corrected chi connectivity index (χ0v) is 8.89. The molecule has 0 aromatic carbocycles. The maximum atomic E-state index is 11.6. The first kappa shape index (κ1) is 8.94. The lowest BCUT2D eigenvalue weighted by atomic mass is 10.1. The molecule has 0 aromatic rings. The van der Waals surface area contributed by atoms with Crippen LogP contribution in [0.1, 0.15) is 13.8 Å². The summed E-state index contributed by atoms with van der Waals surface area (Å²) in [6.45, 7) is 10.1. The Labute approximate surface area is 68.9 Å². The molecule has 1 heterocycles. The zero-order valence-electron chi connectivity index (χ0n) is 7.89. The topological polar surface area (TPSA) is 29.6 Å². The van der Waals surface area contributed by atoms with Crippen LogP contribution in [0.2, 0.25) is 19.6 Å². The van der Waals surface area contributed by atoms with E-state index in [1.807, 2.05) is 13.8 Å². The van der Waals surface area contributed by atoms with Crippen molar-refractivity contribution < 1.29 is 9.53 Å². The van der Waals surface area contributed by atoms with Gasteiger partial charge in [-0.05, 0) is 13.8 Å². The smallest absolute Gasteiger partial charge is 0.142 e. The van der Waals surface area contributed by atoms with E-state index in [0.29, 0.717) is 5.41 Å². The van der Waals surface area contributed by atoms with Crippen molar-refractivity contribution in [1.29, 1.82) is 0 Å². The molecule has 2 nitrogen and oxygen atoms in total. The lowest BCUT2D eigenvalue weighted by molar-refractivity contribution is -0.113. The summed E-state index contributed by atoms with van der Waals surface area (Å²) >= 11 is 0. The highest BCUT2D eigenvalue weighted by Gasteiger charge is 2.55. The Kier molecular flexibility index (Phi) is 1.76. The van der Waals surface area contributed by atoms with Crippen molar-refractivity contribution in [2.45, 2.75) is 45.2 Å². The highest BCUT2D eigenvalue weighted by molar-refractivity contribution is 7.04. The van der Waals surface area contributed by atoms with Gasteiger partial charge >= 0.3 is 0 Å². The lowest BCUT2D eigenvalue weighted by Crippen LogP contribution is -2.38. The summed E-state index contributed by atoms with van der Waals surface area (Å²) in [5.41, 5.74) is -0.169. The largest absolute Gasteiger partial charge is 0.359 e. The number of carbonyl (C=O) groups excluding carboxylic acids is 1. The van der Waals surface area contributed by atoms with Crippen LogP contribution in [-0.2, 0) is 9.53 Å². The first-order chi connectivity index (χ1) is 4.75. The van der Waals surface area contributed by atoms with Gasteiger partial charge in [0, 0.05) is 0 Å². The summed E-state index contributed by atoms with van der Waals surface area (Å²) < 4.78 is 5.28. The van der Waals surface area contributed by atoms with E-state index in [1.165, 1.54) is 0 Å². The van der Waals surface area contributed by atoms with Crippen LogP contribution >= 0.6 is 0 Å². The number of ether oxygens (including phenoxy) is 1. The molecule has 1 fully saturated rings. The van der Waals surface area contributed by atoms with Crippen molar-refractivity contribution in [2.24, 2.45) is 0 Å². The molecule has 1 atom stereocenters. The third-order valence-corrected chi connectivity index (χ3v) is 3.71. The standard InChI is InChI=1S/C8H16O2Si/c1-8(2)6(10-8)7(9)11(3,4)5/h6H,1-5H3. The normalized spacial score (nSPS) is 28.3. The van der Waals surface area contributed by atoms with E-state index < -0.39 is 8.07 Å². The van der Waals surface area contributed by atoms with Crippen molar-refractivity contribution in [1.82, 2.24) is 0 Å². The fraction of sp³-hybridized carbons (Fsp3) is 0.875. The number of hydrogen-bond acceptors (Lipinski definition) is 2. The number of carbonyl (C=O) groups is 1. The van der Waals surface area contributed by atoms with Gasteiger partial charge in [0.1, 0.15) is 19.6 Å². The summed E-state index contributed by atoms with van der Waals surface area (Å²) in [6.07, 6.45) is -0.103. The molecule has 0 saturated carbocycles. The molecule has 1 unspecified atom stereocenters. The van der Waals surface area contributed by atoms with Crippen molar-refractivity contribution >= 4 is 13.5 Å². The molecule has 11 heavy (non-hydrogen) atoms. The molecule has 0 amide bonds. The van der Waals surface area contributed by atoms with Crippen molar-refractivity contribution in [3.63, 3.8) is 0 Å². The fourth-order valence-corrected chi connectivity index (χ4v) is 2.23. The van der Waals surface area contributed by atoms with E-state index >= 15 is 0 Å². The van der Waals surface area contributed by atoms with Crippen LogP contribution in [0, 0.1) is 0 Å². The molecule has 1 rings (SSSR count). The van der Waals surface area contributed by atoms with Crippen LogP contribution < -0.4 is 0 Å². The number of epoxide rings is 1. The highest BCUT2D eigenvalue weighted by Crippen LogP contribution is 2.37. The SMILES string of the molecule is CC1(C)OC1C(=O)[Si](C)(C)C. The van der Waals surface area contributed by atoms with Crippen LogP contribution in [0.3, 0.4) is 0 Å². The third-order valence-electron chi connectivity index (χ3n) is 1.97. The summed E-state index contributed by atoms with van der Waals surface area (Å²) in [5.74, 6) is 0. The minimum absolute atomic E-state index is 0.103. The molecule has 0 aromatic heterocycles. The Morgan fingerprint density at radius 3 is 1.82 bits per heavy atom. The average Bonchev–Trinajstić information content (AvgIpc) is 2.36. The molecular formula is C8H16O2Si. The van der Waals surface area contributed by atoms with Crippen LogP contribution in [0.4, 0.5) is 0 Å². The summed E-state index contributed by atoms with van der Waals surface area (Å²) in [5, 5.41) is 0.350. The second-order valence-electron chi connectivity index (χ2n) is 4.72. The predicted molar refractivity (Wildman–Crippen MR) is 47.3 cm³/mol. The molecule has 3 heteroatoms. The molecule has 1 aliphatic rings. The van der Waals surface area contributed by atoms with Crippen molar-refractivity contribution in [3.8, 4) is 0 Å². The maximum absolute atomic E-state index is 11.6. The van der Waals surface area contributed by atoms with Gasteiger partial charge in [-0.2, -0.15) is 0 Å². The van der Waals surface area contributed by atoms with E-state index in [2.05, 4.69) is 19.6 Å². The van der Waals surface area contributed by atoms with Crippen molar-refractivity contribution in [2.75, 3.05) is 0 Å². The van der Waals surface area contributed by atoms with Gasteiger partial charge in [-0.15, -0.1) is 0 Å². The summed E-state index contributed by atoms with van der Waals surface area (Å²) in [7, 11) is -1.61. The minimum Gasteiger partial charge on any atom is -0.359 e. The van der Waals surface area contributed by atoms with Gasteiger partial charge in [0.15, 0.2) is 0 Å². The molecule has 0 bridgehead atoms. The van der Waals surface area contributed by atoms with Crippen LogP contribution in [0.5, 0.6) is 0 Å².